The number of pyridine rings is 1. The molecule has 2 aromatic rings. The Morgan fingerprint density at radius 3 is 2.67 bits per heavy atom. The average Bonchev–Trinajstić information content (AvgIpc) is 2.33. The molecule has 2 rings (SSSR count). The third-order valence-corrected chi connectivity index (χ3v) is 3.69. The van der Waals surface area contributed by atoms with Crippen LogP contribution in [-0.2, 0) is 0 Å². The Hall–Kier alpha value is -1.61. The SMILES string of the molecule is Cc1cc(C#N)cc(Nc2ccc(C)c(I)c2)n1. The van der Waals surface area contributed by atoms with Crippen molar-refractivity contribution in [3.8, 4) is 6.07 Å². The number of nitrogens with zero attached hydrogens (tertiary/aromatic N) is 2. The van der Waals surface area contributed by atoms with Crippen LogP contribution in [-0.4, -0.2) is 4.98 Å². The molecule has 1 heterocycles. The maximum absolute atomic E-state index is 8.93. The van der Waals surface area contributed by atoms with Gasteiger partial charge >= 0.3 is 0 Å². The lowest BCUT2D eigenvalue weighted by Gasteiger charge is -2.08. The van der Waals surface area contributed by atoms with E-state index < -0.39 is 0 Å². The molecule has 0 fully saturated rings. The Kier molecular flexibility index (Phi) is 3.82. The van der Waals surface area contributed by atoms with Crippen LogP contribution >= 0.6 is 22.6 Å². The summed E-state index contributed by atoms with van der Waals surface area (Å²) in [6.07, 6.45) is 0. The minimum Gasteiger partial charge on any atom is -0.340 e. The van der Waals surface area contributed by atoms with Crippen LogP contribution in [0.4, 0.5) is 11.5 Å². The largest absolute Gasteiger partial charge is 0.340 e. The van der Waals surface area contributed by atoms with E-state index in [0.717, 1.165) is 11.4 Å². The smallest absolute Gasteiger partial charge is 0.131 e. The molecule has 0 unspecified atom stereocenters. The number of aryl methyl sites for hydroxylation is 2. The van der Waals surface area contributed by atoms with Crippen molar-refractivity contribution < 1.29 is 0 Å². The van der Waals surface area contributed by atoms with Gasteiger partial charge in [-0.05, 0) is 66.3 Å². The highest BCUT2D eigenvalue weighted by Crippen LogP contribution is 2.21. The second kappa shape index (κ2) is 5.36. The molecule has 0 aliphatic rings. The van der Waals surface area contributed by atoms with Gasteiger partial charge in [-0.1, -0.05) is 6.07 Å². The van der Waals surface area contributed by atoms with E-state index in [4.69, 9.17) is 5.26 Å². The molecular weight excluding hydrogens is 337 g/mol. The first-order chi connectivity index (χ1) is 8.58. The first-order valence-corrected chi connectivity index (χ1v) is 6.58. The van der Waals surface area contributed by atoms with Gasteiger partial charge in [0.25, 0.3) is 0 Å². The fraction of sp³-hybridized carbons (Fsp3) is 0.143. The van der Waals surface area contributed by atoms with Crippen molar-refractivity contribution in [2.24, 2.45) is 0 Å². The van der Waals surface area contributed by atoms with Gasteiger partial charge in [0.05, 0.1) is 11.6 Å². The first-order valence-electron chi connectivity index (χ1n) is 5.50. The molecule has 1 aromatic carbocycles. The molecule has 0 saturated heterocycles. The Bertz CT molecular complexity index is 629. The predicted octanol–water partition coefficient (Wildman–Crippen LogP) is 3.92. The van der Waals surface area contributed by atoms with Crippen LogP contribution in [0.3, 0.4) is 0 Å². The molecule has 0 radical (unpaired) electrons. The number of nitrogens with one attached hydrogen (secondary N) is 1. The number of anilines is 2. The van der Waals surface area contributed by atoms with Crippen molar-refractivity contribution in [1.82, 2.24) is 4.98 Å². The zero-order chi connectivity index (χ0) is 13.1. The highest BCUT2D eigenvalue weighted by Gasteiger charge is 2.02. The maximum atomic E-state index is 8.93. The van der Waals surface area contributed by atoms with Crippen molar-refractivity contribution in [3.63, 3.8) is 0 Å². The summed E-state index contributed by atoms with van der Waals surface area (Å²) in [4.78, 5) is 4.36. The average molecular weight is 349 g/mol. The molecule has 0 bridgehead atoms. The van der Waals surface area contributed by atoms with E-state index >= 15 is 0 Å². The zero-order valence-electron chi connectivity index (χ0n) is 10.2. The first kappa shape index (κ1) is 12.8. The van der Waals surface area contributed by atoms with E-state index in [1.54, 1.807) is 12.1 Å². The van der Waals surface area contributed by atoms with Gasteiger partial charge < -0.3 is 5.32 Å². The lowest BCUT2D eigenvalue weighted by molar-refractivity contribution is 1.19. The highest BCUT2D eigenvalue weighted by molar-refractivity contribution is 14.1. The third-order valence-electron chi connectivity index (χ3n) is 2.53. The molecule has 1 N–H and O–H groups in total. The molecule has 0 spiro atoms. The van der Waals surface area contributed by atoms with Gasteiger partial charge in [-0.3, -0.25) is 0 Å². The van der Waals surface area contributed by atoms with Crippen molar-refractivity contribution >= 4 is 34.1 Å². The molecule has 18 heavy (non-hydrogen) atoms. The molecule has 4 heteroatoms. The number of benzene rings is 1. The van der Waals surface area contributed by atoms with E-state index in [0.29, 0.717) is 11.4 Å². The van der Waals surface area contributed by atoms with Gasteiger partial charge in [-0.25, -0.2) is 4.98 Å². The van der Waals surface area contributed by atoms with Gasteiger partial charge in [0.15, 0.2) is 0 Å². The van der Waals surface area contributed by atoms with Gasteiger partial charge in [0.1, 0.15) is 5.82 Å². The molecule has 0 aliphatic carbocycles. The Balaban J connectivity index is 2.31. The fourth-order valence-corrected chi connectivity index (χ4v) is 2.13. The van der Waals surface area contributed by atoms with E-state index in [1.807, 2.05) is 13.0 Å². The van der Waals surface area contributed by atoms with Crippen molar-refractivity contribution in [2.75, 3.05) is 5.32 Å². The molecule has 3 nitrogen and oxygen atoms in total. The molecule has 0 atom stereocenters. The lowest BCUT2D eigenvalue weighted by atomic mass is 10.2. The monoisotopic (exact) mass is 349 g/mol. The number of nitriles is 1. The fourth-order valence-electron chi connectivity index (χ4n) is 1.62. The van der Waals surface area contributed by atoms with Crippen LogP contribution in [0.1, 0.15) is 16.8 Å². The van der Waals surface area contributed by atoms with Crippen LogP contribution in [0.25, 0.3) is 0 Å². The second-order valence-corrected chi connectivity index (χ2v) is 5.25. The summed E-state index contributed by atoms with van der Waals surface area (Å²) in [5.41, 5.74) is 3.67. The second-order valence-electron chi connectivity index (χ2n) is 4.08. The van der Waals surface area contributed by atoms with Gasteiger partial charge in [-0.15, -0.1) is 0 Å². The minimum atomic E-state index is 0.617. The molecular formula is C14H12IN3. The van der Waals surface area contributed by atoms with Gasteiger partial charge in [-0.2, -0.15) is 5.26 Å². The summed E-state index contributed by atoms with van der Waals surface area (Å²) in [5.74, 6) is 0.700. The number of halogens is 1. The summed E-state index contributed by atoms with van der Waals surface area (Å²) in [5, 5.41) is 12.1. The summed E-state index contributed by atoms with van der Waals surface area (Å²) in [6.45, 7) is 3.95. The van der Waals surface area contributed by atoms with E-state index in [2.05, 4.69) is 58.0 Å². The number of rotatable bonds is 2. The van der Waals surface area contributed by atoms with Gasteiger partial charge in [0.2, 0.25) is 0 Å². The maximum Gasteiger partial charge on any atom is 0.131 e. The Morgan fingerprint density at radius 2 is 2.00 bits per heavy atom. The quantitative estimate of drug-likeness (QED) is 0.836. The standard InChI is InChI=1S/C14H12IN3/c1-9-3-4-12(7-13(9)15)18-14-6-11(8-16)5-10(2)17-14/h3-7H,1-2H3,(H,17,18). The van der Waals surface area contributed by atoms with Crippen LogP contribution in [0, 0.1) is 28.7 Å². The highest BCUT2D eigenvalue weighted by atomic mass is 127. The summed E-state index contributed by atoms with van der Waals surface area (Å²) < 4.78 is 1.20. The van der Waals surface area contributed by atoms with Crippen molar-refractivity contribution in [2.45, 2.75) is 13.8 Å². The third kappa shape index (κ3) is 2.99. The van der Waals surface area contributed by atoms with Gasteiger partial charge in [0, 0.05) is 15.0 Å². The van der Waals surface area contributed by atoms with E-state index in [-0.39, 0.29) is 0 Å². The van der Waals surface area contributed by atoms with Crippen LogP contribution < -0.4 is 5.32 Å². The minimum absolute atomic E-state index is 0.617. The molecule has 1 aromatic heterocycles. The molecule has 0 saturated carbocycles. The summed E-state index contributed by atoms with van der Waals surface area (Å²) in [6, 6.07) is 11.8. The Labute approximate surface area is 120 Å². The number of hydrogen-bond acceptors (Lipinski definition) is 3. The van der Waals surface area contributed by atoms with E-state index in [1.165, 1.54) is 9.13 Å². The zero-order valence-corrected chi connectivity index (χ0v) is 12.3. The number of hydrogen-bond donors (Lipinski definition) is 1. The van der Waals surface area contributed by atoms with Crippen LogP contribution in [0.5, 0.6) is 0 Å². The topological polar surface area (TPSA) is 48.7 Å². The summed E-state index contributed by atoms with van der Waals surface area (Å²) in [7, 11) is 0. The molecule has 90 valence electrons. The van der Waals surface area contributed by atoms with Crippen molar-refractivity contribution in [1.29, 1.82) is 5.26 Å². The molecule has 0 aliphatic heterocycles. The predicted molar refractivity (Wildman–Crippen MR) is 80.9 cm³/mol. The van der Waals surface area contributed by atoms with E-state index in [9.17, 15) is 0 Å². The van der Waals surface area contributed by atoms with Crippen LogP contribution in [0.2, 0.25) is 0 Å². The number of aromatic nitrogens is 1. The van der Waals surface area contributed by atoms with Crippen LogP contribution in [0.15, 0.2) is 30.3 Å². The molecule has 0 amide bonds. The normalized spacial score (nSPS) is 9.89. The lowest BCUT2D eigenvalue weighted by Crippen LogP contribution is -1.97. The van der Waals surface area contributed by atoms with Crippen molar-refractivity contribution in [3.05, 3.63) is 50.7 Å². The summed E-state index contributed by atoms with van der Waals surface area (Å²) >= 11 is 2.30. The Morgan fingerprint density at radius 1 is 1.22 bits per heavy atom.